The summed E-state index contributed by atoms with van der Waals surface area (Å²) >= 11 is 3.32. The van der Waals surface area contributed by atoms with Gasteiger partial charge in [0.05, 0.1) is 22.5 Å². The molecule has 5 aromatic rings. The van der Waals surface area contributed by atoms with Crippen molar-refractivity contribution >= 4 is 40.0 Å². The van der Waals surface area contributed by atoms with Crippen molar-refractivity contribution in [3.05, 3.63) is 106 Å². The normalized spacial score (nSPS) is 14.7. The van der Waals surface area contributed by atoms with Gasteiger partial charge in [-0.1, -0.05) is 24.3 Å². The van der Waals surface area contributed by atoms with Crippen LogP contribution in [0.5, 0.6) is 0 Å². The zero-order valence-electron chi connectivity index (χ0n) is 20.6. The molecule has 190 valence electrons. The van der Waals surface area contributed by atoms with Gasteiger partial charge in [-0.15, -0.1) is 22.7 Å². The van der Waals surface area contributed by atoms with Crippen LogP contribution in [0.25, 0.3) is 21.7 Å². The highest BCUT2D eigenvalue weighted by molar-refractivity contribution is 7.13. The molecule has 0 unspecified atom stereocenters. The number of nitrogens with two attached hydrogens (primary N) is 1. The Morgan fingerprint density at radius 3 is 2.55 bits per heavy atom. The summed E-state index contributed by atoms with van der Waals surface area (Å²) in [5.74, 6) is -0.194. The van der Waals surface area contributed by atoms with Gasteiger partial charge in [-0.2, -0.15) is 0 Å². The third-order valence-corrected chi connectivity index (χ3v) is 8.99. The van der Waals surface area contributed by atoms with Crippen LogP contribution in [0.1, 0.15) is 33.8 Å². The summed E-state index contributed by atoms with van der Waals surface area (Å²) in [6.07, 6.45) is 5.28. The molecule has 0 aliphatic carbocycles. The quantitative estimate of drug-likeness (QED) is 0.230. The smallest absolute Gasteiger partial charge is 0.255 e. The monoisotopic (exact) mass is 538 g/mol. The molecule has 4 heterocycles. The molecule has 3 N–H and O–H groups in total. The van der Waals surface area contributed by atoms with Crippen molar-refractivity contribution in [3.8, 4) is 21.7 Å². The lowest BCUT2D eigenvalue weighted by Crippen LogP contribution is -2.35. The predicted octanol–water partition coefficient (Wildman–Crippen LogP) is 6.86. The van der Waals surface area contributed by atoms with Crippen molar-refractivity contribution in [3.63, 3.8) is 0 Å². The number of hydrogen-bond donors (Lipinski definition) is 2. The Morgan fingerprint density at radius 2 is 1.82 bits per heavy atom. The van der Waals surface area contributed by atoms with Crippen LogP contribution >= 0.6 is 22.7 Å². The summed E-state index contributed by atoms with van der Waals surface area (Å²) in [5, 5.41) is 8.19. The number of aromatic nitrogens is 2. The van der Waals surface area contributed by atoms with Crippen LogP contribution in [-0.2, 0) is 10.2 Å². The number of carbonyl (C=O) groups is 1. The topological polar surface area (TPSA) is 90.1 Å². The Morgan fingerprint density at radius 1 is 0.974 bits per heavy atom. The number of nitrogens with one attached hydrogen (secondary N) is 1. The maximum Gasteiger partial charge on any atom is 0.255 e. The molecule has 3 aromatic heterocycles. The lowest BCUT2D eigenvalue weighted by Gasteiger charge is -2.36. The predicted molar refractivity (Wildman–Crippen MR) is 155 cm³/mol. The minimum absolute atomic E-state index is 0.194. The maximum atomic E-state index is 13.2. The van der Waals surface area contributed by atoms with Gasteiger partial charge >= 0.3 is 0 Å². The molecule has 1 amide bonds. The number of hydrogen-bond acceptors (Lipinski definition) is 7. The van der Waals surface area contributed by atoms with E-state index in [0.717, 1.165) is 45.1 Å². The molecule has 1 aliphatic rings. The van der Waals surface area contributed by atoms with Gasteiger partial charge < -0.3 is 15.8 Å². The van der Waals surface area contributed by atoms with Gasteiger partial charge in [-0.25, -0.2) is 4.98 Å². The molecule has 0 atom stereocenters. The first-order valence-electron chi connectivity index (χ1n) is 12.4. The van der Waals surface area contributed by atoms with Crippen LogP contribution in [0.15, 0.2) is 89.9 Å². The molecule has 0 spiro atoms. The molecule has 6 nitrogen and oxygen atoms in total. The van der Waals surface area contributed by atoms with Gasteiger partial charge in [-0.05, 0) is 71.8 Å². The Labute approximate surface area is 229 Å². The SMILES string of the molecule is Nc1ccc(-c2cccs2)cc1NC(=O)c1ccc(C2(c3nc(-c4cccnc4)cs3)CCOCC2)cc1. The number of ether oxygens (including phenoxy) is 1. The average molecular weight is 539 g/mol. The molecule has 38 heavy (non-hydrogen) atoms. The highest BCUT2D eigenvalue weighted by Crippen LogP contribution is 2.43. The van der Waals surface area contributed by atoms with Gasteiger partial charge in [-0.3, -0.25) is 9.78 Å². The van der Waals surface area contributed by atoms with E-state index in [-0.39, 0.29) is 11.3 Å². The van der Waals surface area contributed by atoms with E-state index in [4.69, 9.17) is 15.5 Å². The second-order valence-corrected chi connectivity index (χ2v) is 11.1. The number of pyridine rings is 1. The maximum absolute atomic E-state index is 13.2. The summed E-state index contributed by atoms with van der Waals surface area (Å²) in [4.78, 5) is 23.6. The first-order valence-corrected chi connectivity index (χ1v) is 14.2. The van der Waals surface area contributed by atoms with E-state index in [0.29, 0.717) is 30.2 Å². The number of benzene rings is 2. The molecular formula is C30H26N4O2S2. The van der Waals surface area contributed by atoms with Gasteiger partial charge in [0.25, 0.3) is 5.91 Å². The Bertz CT molecular complexity index is 1540. The number of amides is 1. The summed E-state index contributed by atoms with van der Waals surface area (Å²) < 4.78 is 5.73. The number of nitrogens with zero attached hydrogens (tertiary/aromatic N) is 2. The Balaban J connectivity index is 1.26. The van der Waals surface area contributed by atoms with Crippen LogP contribution in [0, 0.1) is 0 Å². The molecule has 6 rings (SSSR count). The van der Waals surface area contributed by atoms with Gasteiger partial charge in [0.1, 0.15) is 5.01 Å². The van der Waals surface area contributed by atoms with Crippen LogP contribution < -0.4 is 11.1 Å². The average Bonchev–Trinajstić information content (AvgIpc) is 3.69. The molecule has 1 fully saturated rings. The zero-order valence-corrected chi connectivity index (χ0v) is 22.2. The standard InChI is InChI=1S/C30H26N4O2S2/c31-24-10-7-21(27-4-2-16-37-27)17-25(24)33-28(35)20-5-8-23(9-6-20)30(11-14-36-15-12-30)29-34-26(19-38-29)22-3-1-13-32-18-22/h1-10,13,16-19H,11-12,14-15,31H2,(H,33,35). The number of rotatable bonds is 6. The van der Waals surface area contributed by atoms with E-state index in [1.165, 1.54) is 0 Å². The van der Waals surface area contributed by atoms with Crippen molar-refractivity contribution in [2.45, 2.75) is 18.3 Å². The van der Waals surface area contributed by atoms with Crippen LogP contribution in [0.2, 0.25) is 0 Å². The summed E-state index contributed by atoms with van der Waals surface area (Å²) in [6.45, 7) is 1.34. The highest BCUT2D eigenvalue weighted by atomic mass is 32.1. The van der Waals surface area contributed by atoms with Crippen molar-refractivity contribution in [2.24, 2.45) is 0 Å². The molecule has 1 saturated heterocycles. The van der Waals surface area contributed by atoms with E-state index < -0.39 is 0 Å². The number of carbonyl (C=O) groups excluding carboxylic acids is 1. The first kappa shape index (κ1) is 24.5. The third kappa shape index (κ3) is 4.74. The molecule has 2 aromatic carbocycles. The van der Waals surface area contributed by atoms with Crippen molar-refractivity contribution in [1.29, 1.82) is 0 Å². The fourth-order valence-electron chi connectivity index (χ4n) is 4.88. The largest absolute Gasteiger partial charge is 0.397 e. The van der Waals surface area contributed by atoms with Crippen molar-refractivity contribution < 1.29 is 9.53 Å². The Kier molecular flexibility index (Phi) is 6.76. The Hall–Kier alpha value is -3.85. The van der Waals surface area contributed by atoms with Crippen LogP contribution in [0.4, 0.5) is 11.4 Å². The van der Waals surface area contributed by atoms with Gasteiger partial charge in [0.2, 0.25) is 0 Å². The lowest BCUT2D eigenvalue weighted by molar-refractivity contribution is 0.0630. The molecule has 0 radical (unpaired) electrons. The van der Waals surface area contributed by atoms with Crippen molar-refractivity contribution in [1.82, 2.24) is 9.97 Å². The van der Waals surface area contributed by atoms with E-state index in [1.54, 1.807) is 28.9 Å². The fourth-order valence-corrected chi connectivity index (χ4v) is 6.72. The number of anilines is 2. The van der Waals surface area contributed by atoms with E-state index in [1.807, 2.05) is 60.1 Å². The number of thiophene rings is 1. The fraction of sp³-hybridized carbons (Fsp3) is 0.167. The van der Waals surface area contributed by atoms with Crippen molar-refractivity contribution in [2.75, 3.05) is 24.3 Å². The number of nitrogen functional groups attached to an aromatic ring is 1. The second-order valence-electron chi connectivity index (χ2n) is 9.28. The molecule has 1 aliphatic heterocycles. The second kappa shape index (κ2) is 10.5. The van der Waals surface area contributed by atoms with Gasteiger partial charge in [0, 0.05) is 47.0 Å². The molecule has 0 bridgehead atoms. The van der Waals surface area contributed by atoms with Crippen LogP contribution in [0.3, 0.4) is 0 Å². The van der Waals surface area contributed by atoms with E-state index >= 15 is 0 Å². The summed E-state index contributed by atoms with van der Waals surface area (Å²) in [5.41, 5.74) is 11.8. The molecule has 0 saturated carbocycles. The van der Waals surface area contributed by atoms with E-state index in [9.17, 15) is 4.79 Å². The summed E-state index contributed by atoms with van der Waals surface area (Å²) in [7, 11) is 0. The summed E-state index contributed by atoms with van der Waals surface area (Å²) in [6, 6.07) is 21.6. The number of thiazole rings is 1. The minimum Gasteiger partial charge on any atom is -0.397 e. The lowest BCUT2D eigenvalue weighted by atomic mass is 9.74. The first-order chi connectivity index (χ1) is 18.6. The zero-order chi connectivity index (χ0) is 26.0. The minimum atomic E-state index is -0.252. The third-order valence-electron chi connectivity index (χ3n) is 7.02. The van der Waals surface area contributed by atoms with E-state index in [2.05, 4.69) is 33.9 Å². The highest BCUT2D eigenvalue weighted by Gasteiger charge is 2.39. The molecule has 8 heteroatoms. The van der Waals surface area contributed by atoms with Gasteiger partial charge in [0.15, 0.2) is 0 Å². The van der Waals surface area contributed by atoms with Crippen LogP contribution in [-0.4, -0.2) is 29.1 Å². The molecular weight excluding hydrogens is 512 g/mol.